The lowest BCUT2D eigenvalue weighted by atomic mass is 10.1. The third kappa shape index (κ3) is 1.67. The molecule has 0 fully saturated rings. The van der Waals surface area contributed by atoms with Crippen LogP contribution in [0.5, 0.6) is 11.5 Å². The number of hydrogen-bond acceptors (Lipinski definition) is 5. The Morgan fingerprint density at radius 3 is 3.00 bits per heavy atom. The second-order valence-electron chi connectivity index (χ2n) is 3.23. The van der Waals surface area contributed by atoms with Crippen molar-refractivity contribution in [3.05, 3.63) is 17.7 Å². The largest absolute Gasteiger partial charge is 0.486 e. The van der Waals surface area contributed by atoms with Gasteiger partial charge in [0.1, 0.15) is 12.7 Å². The lowest BCUT2D eigenvalue weighted by molar-refractivity contribution is 0.0457. The molecule has 1 heterocycles. The number of nitrogens with zero attached hydrogens (tertiary/aromatic N) is 1. The van der Waals surface area contributed by atoms with Crippen molar-refractivity contribution in [2.75, 3.05) is 18.9 Å². The summed E-state index contributed by atoms with van der Waals surface area (Å²) in [5.74, 6) is 0.960. The Labute approximate surface area is 86.6 Å². The second-order valence-corrected chi connectivity index (χ2v) is 3.23. The quantitative estimate of drug-likeness (QED) is 0.644. The van der Waals surface area contributed by atoms with Gasteiger partial charge in [-0.05, 0) is 0 Å². The van der Waals surface area contributed by atoms with Crippen molar-refractivity contribution >= 4 is 5.69 Å². The van der Waals surface area contributed by atoms with Gasteiger partial charge in [-0.3, -0.25) is 0 Å². The van der Waals surface area contributed by atoms with E-state index >= 15 is 0 Å². The number of nitrogen functional groups attached to an aromatic ring is 1. The second kappa shape index (κ2) is 3.67. The van der Waals surface area contributed by atoms with Crippen LogP contribution in [0.15, 0.2) is 12.1 Å². The van der Waals surface area contributed by atoms with E-state index in [0.29, 0.717) is 22.7 Å². The van der Waals surface area contributed by atoms with E-state index in [2.05, 4.69) is 0 Å². The standard InChI is InChI=1S/C10H10N2O3/c11-3-6-1-10-9(2-8(6)12)14-5-7(4-13)15-10/h1-2,7,13H,4-5,12H2/t7-/m0/s1. The van der Waals surface area contributed by atoms with Gasteiger partial charge in [0, 0.05) is 12.1 Å². The van der Waals surface area contributed by atoms with Crippen LogP contribution in [0.4, 0.5) is 5.69 Å². The summed E-state index contributed by atoms with van der Waals surface area (Å²) in [6.07, 6.45) is -0.382. The topological polar surface area (TPSA) is 88.5 Å². The summed E-state index contributed by atoms with van der Waals surface area (Å²) >= 11 is 0. The van der Waals surface area contributed by atoms with E-state index in [0.717, 1.165) is 0 Å². The predicted molar refractivity (Wildman–Crippen MR) is 52.6 cm³/mol. The number of ether oxygens (including phenoxy) is 2. The number of aliphatic hydroxyl groups excluding tert-OH is 1. The molecule has 1 aliphatic heterocycles. The van der Waals surface area contributed by atoms with Crippen LogP contribution in [0.3, 0.4) is 0 Å². The summed E-state index contributed by atoms with van der Waals surface area (Å²) < 4.78 is 10.7. The van der Waals surface area contributed by atoms with Gasteiger partial charge in [-0.25, -0.2) is 0 Å². The van der Waals surface area contributed by atoms with E-state index in [9.17, 15) is 0 Å². The summed E-state index contributed by atoms with van der Waals surface area (Å²) in [4.78, 5) is 0. The third-order valence-corrected chi connectivity index (χ3v) is 2.16. The van der Waals surface area contributed by atoms with Crippen molar-refractivity contribution in [1.82, 2.24) is 0 Å². The molecule has 5 heteroatoms. The molecule has 78 valence electrons. The molecule has 3 N–H and O–H groups in total. The molecule has 0 amide bonds. The molecule has 0 radical (unpaired) electrons. The van der Waals surface area contributed by atoms with Gasteiger partial charge in [0.15, 0.2) is 17.6 Å². The minimum Gasteiger partial charge on any atom is -0.486 e. The zero-order valence-electron chi connectivity index (χ0n) is 7.93. The first-order valence-corrected chi connectivity index (χ1v) is 4.48. The van der Waals surface area contributed by atoms with Crippen molar-refractivity contribution in [2.24, 2.45) is 0 Å². The van der Waals surface area contributed by atoms with Crippen LogP contribution in [0.2, 0.25) is 0 Å². The molecule has 0 aliphatic carbocycles. The fourth-order valence-electron chi connectivity index (χ4n) is 1.36. The van der Waals surface area contributed by atoms with Gasteiger partial charge in [0.2, 0.25) is 0 Å². The molecule has 0 saturated carbocycles. The van der Waals surface area contributed by atoms with Crippen LogP contribution in [-0.2, 0) is 0 Å². The van der Waals surface area contributed by atoms with Crippen LogP contribution in [-0.4, -0.2) is 24.4 Å². The van der Waals surface area contributed by atoms with E-state index in [-0.39, 0.29) is 19.3 Å². The van der Waals surface area contributed by atoms with Crippen LogP contribution < -0.4 is 15.2 Å². The number of hydrogen-bond donors (Lipinski definition) is 2. The lowest BCUT2D eigenvalue weighted by Gasteiger charge is -2.25. The fourth-order valence-corrected chi connectivity index (χ4v) is 1.36. The minimum absolute atomic E-state index is 0.119. The molecular weight excluding hydrogens is 196 g/mol. The molecular formula is C10H10N2O3. The third-order valence-electron chi connectivity index (χ3n) is 2.16. The van der Waals surface area contributed by atoms with Gasteiger partial charge >= 0.3 is 0 Å². The van der Waals surface area contributed by atoms with Crippen LogP contribution >= 0.6 is 0 Å². The summed E-state index contributed by atoms with van der Waals surface area (Å²) in [6, 6.07) is 5.03. The molecule has 0 bridgehead atoms. The van der Waals surface area contributed by atoms with E-state index < -0.39 is 0 Å². The minimum atomic E-state index is -0.382. The highest BCUT2D eigenvalue weighted by atomic mass is 16.6. The number of anilines is 1. The highest BCUT2D eigenvalue weighted by Gasteiger charge is 2.21. The van der Waals surface area contributed by atoms with Crippen molar-refractivity contribution in [2.45, 2.75) is 6.10 Å². The van der Waals surface area contributed by atoms with Crippen LogP contribution in [0, 0.1) is 11.3 Å². The number of rotatable bonds is 1. The Kier molecular flexibility index (Phi) is 2.35. The molecule has 0 unspecified atom stereocenters. The van der Waals surface area contributed by atoms with Crippen molar-refractivity contribution < 1.29 is 14.6 Å². The first-order chi connectivity index (χ1) is 7.24. The molecule has 2 rings (SSSR count). The monoisotopic (exact) mass is 206 g/mol. The van der Waals surface area contributed by atoms with Crippen LogP contribution in [0.25, 0.3) is 0 Å². The Balaban J connectivity index is 2.38. The van der Waals surface area contributed by atoms with Gasteiger partial charge in [0.25, 0.3) is 0 Å². The molecule has 1 atom stereocenters. The fraction of sp³-hybridized carbons (Fsp3) is 0.300. The maximum absolute atomic E-state index is 8.90. The van der Waals surface area contributed by atoms with Crippen LogP contribution in [0.1, 0.15) is 5.56 Å². The van der Waals surface area contributed by atoms with Gasteiger partial charge in [0.05, 0.1) is 17.9 Å². The number of benzene rings is 1. The van der Waals surface area contributed by atoms with E-state index in [1.807, 2.05) is 6.07 Å². The van der Waals surface area contributed by atoms with Gasteiger partial charge in [-0.2, -0.15) is 5.26 Å². The molecule has 1 aliphatic rings. The van der Waals surface area contributed by atoms with Gasteiger partial charge in [-0.1, -0.05) is 0 Å². The van der Waals surface area contributed by atoms with E-state index in [1.54, 1.807) is 6.07 Å². The molecule has 0 aromatic heterocycles. The highest BCUT2D eigenvalue weighted by Crippen LogP contribution is 2.35. The van der Waals surface area contributed by atoms with Crippen molar-refractivity contribution in [3.8, 4) is 17.6 Å². The first-order valence-electron chi connectivity index (χ1n) is 4.48. The smallest absolute Gasteiger partial charge is 0.163 e. The number of fused-ring (bicyclic) bond motifs is 1. The highest BCUT2D eigenvalue weighted by molar-refractivity contribution is 5.62. The van der Waals surface area contributed by atoms with E-state index in [1.165, 1.54) is 6.07 Å². The van der Waals surface area contributed by atoms with E-state index in [4.69, 9.17) is 25.6 Å². The molecule has 5 nitrogen and oxygen atoms in total. The maximum Gasteiger partial charge on any atom is 0.163 e. The summed E-state index contributed by atoms with van der Waals surface area (Å²) in [5.41, 5.74) is 6.32. The molecule has 0 saturated heterocycles. The Morgan fingerprint density at radius 1 is 1.53 bits per heavy atom. The molecule has 1 aromatic rings. The van der Waals surface area contributed by atoms with Crippen molar-refractivity contribution in [3.63, 3.8) is 0 Å². The van der Waals surface area contributed by atoms with Gasteiger partial charge in [-0.15, -0.1) is 0 Å². The average Bonchev–Trinajstić information content (AvgIpc) is 2.27. The zero-order valence-corrected chi connectivity index (χ0v) is 7.93. The normalized spacial score (nSPS) is 18.3. The molecule has 0 spiro atoms. The summed E-state index contributed by atoms with van der Waals surface area (Å²) in [7, 11) is 0. The summed E-state index contributed by atoms with van der Waals surface area (Å²) in [6.45, 7) is 0.167. The molecule has 1 aromatic carbocycles. The Hall–Kier alpha value is -1.93. The average molecular weight is 206 g/mol. The summed E-state index contributed by atoms with van der Waals surface area (Å²) in [5, 5.41) is 17.7. The Bertz CT molecular complexity index is 425. The zero-order chi connectivity index (χ0) is 10.8. The molecule has 15 heavy (non-hydrogen) atoms. The Morgan fingerprint density at radius 2 is 2.33 bits per heavy atom. The SMILES string of the molecule is N#Cc1cc2c(cc1N)OC[C@H](CO)O2. The number of nitriles is 1. The van der Waals surface area contributed by atoms with Gasteiger partial charge < -0.3 is 20.3 Å². The first kappa shape index (κ1) is 9.62. The number of nitrogens with two attached hydrogens (primary N) is 1. The maximum atomic E-state index is 8.90. The number of aliphatic hydroxyl groups is 1. The predicted octanol–water partition coefficient (Wildman–Crippen LogP) is 0.273. The lowest BCUT2D eigenvalue weighted by Crippen LogP contribution is -2.32. The van der Waals surface area contributed by atoms with Crippen molar-refractivity contribution in [1.29, 1.82) is 5.26 Å².